The third-order valence-corrected chi connectivity index (χ3v) is 9.27. The van der Waals surface area contributed by atoms with Crippen molar-refractivity contribution in [1.29, 1.82) is 0 Å². The molecule has 0 aliphatic carbocycles. The fraction of sp³-hybridized carbons (Fsp3) is 0.615. The number of hydrogen-bond donors (Lipinski definition) is 0. The van der Waals surface area contributed by atoms with E-state index < -0.39 is 0 Å². The minimum Gasteiger partial charge on any atom is -0.335 e. The van der Waals surface area contributed by atoms with E-state index in [1.54, 1.807) is 0 Å². The quantitative estimate of drug-likeness (QED) is 0.106. The molecule has 1 heterocycles. The van der Waals surface area contributed by atoms with E-state index in [2.05, 4.69) is 98.4 Å². The average Bonchev–Trinajstić information content (AvgIpc) is 3.46. The molecule has 0 fully saturated rings. The summed E-state index contributed by atoms with van der Waals surface area (Å²) in [6.07, 6.45) is 28.3. The molecule has 41 heavy (non-hydrogen) atoms. The van der Waals surface area contributed by atoms with Gasteiger partial charge in [0.1, 0.15) is 5.82 Å². The van der Waals surface area contributed by atoms with Gasteiger partial charge < -0.3 is 4.57 Å². The Bertz CT molecular complexity index is 1020. The van der Waals surface area contributed by atoms with E-state index in [-0.39, 0.29) is 5.41 Å². The van der Waals surface area contributed by atoms with Crippen molar-refractivity contribution in [2.45, 2.75) is 154 Å². The Hall–Kier alpha value is -2.35. The molecule has 2 unspecified atom stereocenters. The van der Waals surface area contributed by atoms with Crippen LogP contribution < -0.4 is 0 Å². The smallest absolute Gasteiger partial charge is 0.112 e. The molecular weight excluding hydrogens is 496 g/mol. The molecule has 2 aromatic carbocycles. The lowest BCUT2D eigenvalue weighted by molar-refractivity contribution is 0.321. The first-order valence-electron chi connectivity index (χ1n) is 17.3. The van der Waals surface area contributed by atoms with Crippen molar-refractivity contribution in [3.8, 4) is 0 Å². The first-order valence-corrected chi connectivity index (χ1v) is 17.3. The highest BCUT2D eigenvalue weighted by atomic mass is 15.1. The Morgan fingerprint density at radius 1 is 0.634 bits per heavy atom. The zero-order valence-corrected chi connectivity index (χ0v) is 26.8. The van der Waals surface area contributed by atoms with Crippen LogP contribution in [0.4, 0.5) is 0 Å². The highest BCUT2D eigenvalue weighted by Crippen LogP contribution is 2.44. The molecule has 0 N–H and O–H groups in total. The van der Waals surface area contributed by atoms with Gasteiger partial charge in [-0.3, -0.25) is 0 Å². The standard InChI is InChI=1S/C39H60N2/c1-4-6-8-10-11-12-13-14-15-17-25-32-41-33-31-40-38(41)37(30-24-16-9-7-5-2)39(3,36-28-22-19-23-29-36)34-35-26-20-18-21-27-35/h18-23,26-29,31,33,37H,4-17,24-25,30,32,34H2,1-3H3. The Morgan fingerprint density at radius 2 is 1.15 bits per heavy atom. The number of benzene rings is 2. The van der Waals surface area contributed by atoms with Crippen LogP contribution in [0.25, 0.3) is 0 Å². The third-order valence-electron chi connectivity index (χ3n) is 9.27. The van der Waals surface area contributed by atoms with Crippen molar-refractivity contribution in [3.05, 3.63) is 90.0 Å². The molecule has 3 aromatic rings. The van der Waals surface area contributed by atoms with Crippen LogP contribution in [0.3, 0.4) is 0 Å². The van der Waals surface area contributed by atoms with Crippen LogP contribution in [-0.4, -0.2) is 9.55 Å². The summed E-state index contributed by atoms with van der Waals surface area (Å²) in [6.45, 7) is 8.21. The zero-order valence-electron chi connectivity index (χ0n) is 26.8. The van der Waals surface area contributed by atoms with E-state index in [0.29, 0.717) is 5.92 Å². The summed E-state index contributed by atoms with van der Waals surface area (Å²) in [5.41, 5.74) is 2.83. The van der Waals surface area contributed by atoms with E-state index in [4.69, 9.17) is 4.98 Å². The normalized spacial score (nSPS) is 13.7. The number of aryl methyl sites for hydroxylation is 1. The molecule has 3 rings (SSSR count). The maximum atomic E-state index is 5.10. The van der Waals surface area contributed by atoms with Crippen molar-refractivity contribution in [2.24, 2.45) is 0 Å². The number of imidazole rings is 1. The van der Waals surface area contributed by atoms with Gasteiger partial charge in [-0.15, -0.1) is 0 Å². The van der Waals surface area contributed by atoms with Crippen LogP contribution in [0.5, 0.6) is 0 Å². The lowest BCUT2D eigenvalue weighted by Gasteiger charge is -2.39. The number of aromatic nitrogens is 2. The second-order valence-corrected chi connectivity index (χ2v) is 12.7. The Balaban J connectivity index is 1.68. The molecule has 2 heteroatoms. The van der Waals surface area contributed by atoms with E-state index in [0.717, 1.165) is 13.0 Å². The second kappa shape index (κ2) is 19.7. The molecule has 2 atom stereocenters. The molecule has 0 amide bonds. The van der Waals surface area contributed by atoms with Gasteiger partial charge in [0.25, 0.3) is 0 Å². The predicted molar refractivity (Wildman–Crippen MR) is 179 cm³/mol. The van der Waals surface area contributed by atoms with Crippen molar-refractivity contribution in [3.63, 3.8) is 0 Å². The van der Waals surface area contributed by atoms with Gasteiger partial charge in [-0.1, -0.05) is 178 Å². The highest BCUT2D eigenvalue weighted by molar-refractivity contribution is 5.33. The summed E-state index contributed by atoms with van der Waals surface area (Å²) in [5.74, 6) is 1.68. The van der Waals surface area contributed by atoms with E-state index in [9.17, 15) is 0 Å². The summed E-state index contributed by atoms with van der Waals surface area (Å²) in [4.78, 5) is 5.10. The Labute approximate surface area is 253 Å². The SMILES string of the molecule is CCCCCCCCCCCCCn1ccnc1C(CCCCCCC)C(C)(Cc1ccccc1)c1ccccc1. The van der Waals surface area contributed by atoms with Crippen LogP contribution in [0, 0.1) is 0 Å². The second-order valence-electron chi connectivity index (χ2n) is 12.7. The monoisotopic (exact) mass is 556 g/mol. The molecule has 0 aliphatic rings. The summed E-state index contributed by atoms with van der Waals surface area (Å²) < 4.78 is 2.51. The van der Waals surface area contributed by atoms with Gasteiger partial charge >= 0.3 is 0 Å². The number of unbranched alkanes of at least 4 members (excludes halogenated alkanes) is 14. The number of rotatable bonds is 23. The molecule has 226 valence electrons. The molecule has 0 radical (unpaired) electrons. The molecule has 1 aromatic heterocycles. The van der Waals surface area contributed by atoms with Gasteiger partial charge in [0, 0.05) is 30.3 Å². The first kappa shape index (κ1) is 33.2. The summed E-state index contributed by atoms with van der Waals surface area (Å²) in [7, 11) is 0. The lowest BCUT2D eigenvalue weighted by Crippen LogP contribution is -2.35. The Kier molecular flexibility index (Phi) is 15.9. The van der Waals surface area contributed by atoms with Crippen molar-refractivity contribution in [2.75, 3.05) is 0 Å². The number of hydrogen-bond acceptors (Lipinski definition) is 1. The highest BCUT2D eigenvalue weighted by Gasteiger charge is 2.39. The van der Waals surface area contributed by atoms with Crippen LogP contribution in [-0.2, 0) is 18.4 Å². The fourth-order valence-corrected chi connectivity index (χ4v) is 6.72. The van der Waals surface area contributed by atoms with Crippen molar-refractivity contribution >= 4 is 0 Å². The molecule has 0 aliphatic heterocycles. The lowest BCUT2D eigenvalue weighted by atomic mass is 9.66. The van der Waals surface area contributed by atoms with Gasteiger partial charge in [0.15, 0.2) is 0 Å². The maximum absolute atomic E-state index is 5.10. The minimum atomic E-state index is -0.0202. The van der Waals surface area contributed by atoms with E-state index in [1.165, 1.54) is 126 Å². The number of nitrogens with zero attached hydrogens (tertiary/aromatic N) is 2. The average molecular weight is 557 g/mol. The van der Waals surface area contributed by atoms with E-state index >= 15 is 0 Å². The van der Waals surface area contributed by atoms with Crippen LogP contribution in [0.15, 0.2) is 73.1 Å². The van der Waals surface area contributed by atoms with Gasteiger partial charge in [-0.05, 0) is 30.4 Å². The maximum Gasteiger partial charge on any atom is 0.112 e. The van der Waals surface area contributed by atoms with Crippen molar-refractivity contribution in [1.82, 2.24) is 9.55 Å². The van der Waals surface area contributed by atoms with Gasteiger partial charge in [-0.25, -0.2) is 4.98 Å². The largest absolute Gasteiger partial charge is 0.335 e. The topological polar surface area (TPSA) is 17.8 Å². The minimum absolute atomic E-state index is 0.0202. The van der Waals surface area contributed by atoms with Crippen LogP contribution in [0.1, 0.15) is 153 Å². The molecule has 0 spiro atoms. The van der Waals surface area contributed by atoms with Crippen LogP contribution in [0.2, 0.25) is 0 Å². The van der Waals surface area contributed by atoms with Crippen molar-refractivity contribution < 1.29 is 0 Å². The van der Waals surface area contributed by atoms with E-state index in [1.807, 2.05) is 0 Å². The zero-order chi connectivity index (χ0) is 29.0. The van der Waals surface area contributed by atoms with Gasteiger partial charge in [-0.2, -0.15) is 0 Å². The van der Waals surface area contributed by atoms with Gasteiger partial charge in [0.2, 0.25) is 0 Å². The molecule has 0 saturated carbocycles. The summed E-state index contributed by atoms with van der Waals surface area (Å²) in [6, 6.07) is 22.4. The van der Waals surface area contributed by atoms with Crippen LogP contribution >= 0.6 is 0 Å². The molecule has 2 nitrogen and oxygen atoms in total. The molecule has 0 bridgehead atoms. The summed E-state index contributed by atoms with van der Waals surface area (Å²) in [5, 5.41) is 0. The third kappa shape index (κ3) is 11.4. The summed E-state index contributed by atoms with van der Waals surface area (Å²) >= 11 is 0. The fourth-order valence-electron chi connectivity index (χ4n) is 6.72. The molecular formula is C39H60N2. The Morgan fingerprint density at radius 3 is 1.73 bits per heavy atom. The first-order chi connectivity index (χ1) is 20.2. The predicted octanol–water partition coefficient (Wildman–Crippen LogP) is 11.8. The molecule has 0 saturated heterocycles. The van der Waals surface area contributed by atoms with Gasteiger partial charge in [0.05, 0.1) is 0 Å².